The van der Waals surface area contributed by atoms with Crippen molar-refractivity contribution in [1.82, 2.24) is 0 Å². The molecule has 0 fully saturated rings. The van der Waals surface area contributed by atoms with Crippen molar-refractivity contribution in [1.29, 1.82) is 0 Å². The lowest BCUT2D eigenvalue weighted by Gasteiger charge is -2.31. The Morgan fingerprint density at radius 1 is 0.647 bits per heavy atom. The molecule has 2 rings (SSSR count). The van der Waals surface area contributed by atoms with E-state index in [1.54, 1.807) is 0 Å². The first-order chi connectivity index (χ1) is 8.33. The second kappa shape index (κ2) is 5.13. The Balaban J connectivity index is 2.54. The van der Waals surface area contributed by atoms with E-state index in [0.717, 1.165) is 11.1 Å². The number of hydrogen-bond acceptors (Lipinski definition) is 2. The molecule has 0 aliphatic heterocycles. The third-order valence-electron chi connectivity index (χ3n) is 3.19. The van der Waals surface area contributed by atoms with Gasteiger partial charge in [-0.2, -0.15) is 0 Å². The Kier molecular flexibility index (Phi) is 3.57. The molecule has 0 aromatic heterocycles. The topological polar surface area (TPSA) is 40.5 Å². The van der Waals surface area contributed by atoms with Gasteiger partial charge in [-0.3, -0.25) is 0 Å². The maximum atomic E-state index is 9.72. The summed E-state index contributed by atoms with van der Waals surface area (Å²) in [5, 5.41) is 19.4. The fraction of sp³-hybridized carbons (Fsp3) is 0.200. The monoisotopic (exact) mass is 228 g/mol. The lowest BCUT2D eigenvalue weighted by Crippen LogP contribution is -2.36. The number of aliphatic hydroxyl groups is 2. The third-order valence-corrected chi connectivity index (χ3v) is 3.19. The fourth-order valence-corrected chi connectivity index (χ4v) is 2.10. The van der Waals surface area contributed by atoms with Crippen LogP contribution in [0.3, 0.4) is 0 Å². The van der Waals surface area contributed by atoms with Crippen LogP contribution in [-0.4, -0.2) is 23.4 Å². The lowest BCUT2D eigenvalue weighted by molar-refractivity contribution is 0.143. The summed E-state index contributed by atoms with van der Waals surface area (Å²) >= 11 is 0. The zero-order chi connectivity index (χ0) is 12.1. The minimum atomic E-state index is -0.720. The average Bonchev–Trinajstić information content (AvgIpc) is 2.43. The number of benzene rings is 2. The highest BCUT2D eigenvalue weighted by atomic mass is 16.3. The van der Waals surface area contributed by atoms with Gasteiger partial charge in [-0.25, -0.2) is 0 Å². The van der Waals surface area contributed by atoms with E-state index in [1.807, 2.05) is 60.7 Å². The molecular weight excluding hydrogens is 212 g/mol. The molecule has 2 aromatic carbocycles. The summed E-state index contributed by atoms with van der Waals surface area (Å²) in [5.41, 5.74) is 1.13. The van der Waals surface area contributed by atoms with Gasteiger partial charge in [-0.1, -0.05) is 60.7 Å². The summed E-state index contributed by atoms with van der Waals surface area (Å²) in [4.78, 5) is 0. The summed E-state index contributed by atoms with van der Waals surface area (Å²) in [6.07, 6.45) is 0. The fourth-order valence-electron chi connectivity index (χ4n) is 2.10. The molecule has 0 radical (unpaired) electrons. The Hall–Kier alpha value is -1.64. The van der Waals surface area contributed by atoms with Crippen molar-refractivity contribution in [3.63, 3.8) is 0 Å². The minimum absolute atomic E-state index is 0.114. The normalized spacial score (nSPS) is 11.4. The molecule has 2 aromatic rings. The highest BCUT2D eigenvalue weighted by molar-refractivity contribution is 5.39. The van der Waals surface area contributed by atoms with Crippen LogP contribution < -0.4 is 0 Å². The van der Waals surface area contributed by atoms with Gasteiger partial charge in [0.25, 0.3) is 0 Å². The molecule has 0 saturated carbocycles. The maximum absolute atomic E-state index is 9.72. The summed E-state index contributed by atoms with van der Waals surface area (Å²) in [7, 11) is 0. The van der Waals surface area contributed by atoms with Crippen LogP contribution in [0, 0.1) is 0 Å². The number of aliphatic hydroxyl groups excluding tert-OH is 2. The summed E-state index contributed by atoms with van der Waals surface area (Å²) in [6.45, 7) is -0.227. The van der Waals surface area contributed by atoms with Crippen LogP contribution in [-0.2, 0) is 5.41 Å². The Labute approximate surface area is 101 Å². The van der Waals surface area contributed by atoms with Crippen molar-refractivity contribution < 1.29 is 10.2 Å². The van der Waals surface area contributed by atoms with Crippen LogP contribution in [0.2, 0.25) is 0 Å². The minimum Gasteiger partial charge on any atom is -0.395 e. The summed E-state index contributed by atoms with van der Waals surface area (Å²) in [6, 6.07) is 19.2. The largest absolute Gasteiger partial charge is 0.395 e. The highest BCUT2D eigenvalue weighted by Gasteiger charge is 2.32. The Bertz CT molecular complexity index is 405. The molecule has 0 heterocycles. The first-order valence-corrected chi connectivity index (χ1v) is 5.66. The van der Waals surface area contributed by atoms with Gasteiger partial charge >= 0.3 is 0 Å². The molecule has 0 aliphatic rings. The predicted molar refractivity (Wildman–Crippen MR) is 67.8 cm³/mol. The zero-order valence-corrected chi connectivity index (χ0v) is 9.58. The predicted octanol–water partition coefficient (Wildman–Crippen LogP) is 1.96. The highest BCUT2D eigenvalue weighted by Crippen LogP contribution is 2.31. The zero-order valence-electron chi connectivity index (χ0n) is 9.58. The van der Waals surface area contributed by atoms with Crippen LogP contribution in [0.4, 0.5) is 0 Å². The Morgan fingerprint density at radius 2 is 1.00 bits per heavy atom. The molecule has 2 nitrogen and oxygen atoms in total. The van der Waals surface area contributed by atoms with Crippen LogP contribution in [0.5, 0.6) is 0 Å². The first kappa shape index (κ1) is 11.8. The van der Waals surface area contributed by atoms with Gasteiger partial charge in [0.05, 0.1) is 18.6 Å². The SMILES string of the molecule is OCC(CO)(c1ccccc1)c1ccccc1. The van der Waals surface area contributed by atoms with Gasteiger partial charge < -0.3 is 10.2 Å². The standard InChI is InChI=1S/C15H16O2/c16-11-15(12-17,13-7-3-1-4-8-13)14-9-5-2-6-10-14/h1-10,16-17H,11-12H2. The molecule has 0 amide bonds. The molecular formula is C15H16O2. The van der Waals surface area contributed by atoms with Gasteiger partial charge in [0, 0.05) is 0 Å². The van der Waals surface area contributed by atoms with E-state index < -0.39 is 5.41 Å². The molecule has 0 spiro atoms. The van der Waals surface area contributed by atoms with Crippen molar-refractivity contribution in [2.75, 3.05) is 13.2 Å². The van der Waals surface area contributed by atoms with E-state index in [2.05, 4.69) is 0 Å². The van der Waals surface area contributed by atoms with Crippen molar-refractivity contribution in [2.45, 2.75) is 5.41 Å². The molecule has 2 N–H and O–H groups in total. The molecule has 17 heavy (non-hydrogen) atoms. The van der Waals surface area contributed by atoms with Crippen molar-refractivity contribution in [3.05, 3.63) is 71.8 Å². The van der Waals surface area contributed by atoms with E-state index in [0.29, 0.717) is 0 Å². The molecule has 0 bridgehead atoms. The van der Waals surface area contributed by atoms with Crippen LogP contribution in [0.1, 0.15) is 11.1 Å². The second-order valence-corrected chi connectivity index (χ2v) is 4.13. The van der Waals surface area contributed by atoms with E-state index in [1.165, 1.54) is 0 Å². The van der Waals surface area contributed by atoms with Crippen LogP contribution in [0.25, 0.3) is 0 Å². The lowest BCUT2D eigenvalue weighted by atomic mass is 9.76. The van der Waals surface area contributed by atoms with E-state index >= 15 is 0 Å². The third kappa shape index (κ3) is 2.09. The van der Waals surface area contributed by atoms with Crippen molar-refractivity contribution in [2.24, 2.45) is 0 Å². The van der Waals surface area contributed by atoms with Crippen molar-refractivity contribution >= 4 is 0 Å². The Morgan fingerprint density at radius 3 is 1.29 bits per heavy atom. The molecule has 88 valence electrons. The van der Waals surface area contributed by atoms with Crippen molar-refractivity contribution in [3.8, 4) is 0 Å². The number of rotatable bonds is 4. The molecule has 0 unspecified atom stereocenters. The molecule has 2 heteroatoms. The van der Waals surface area contributed by atoms with Crippen LogP contribution in [0.15, 0.2) is 60.7 Å². The maximum Gasteiger partial charge on any atom is 0.0664 e. The van der Waals surface area contributed by atoms with Gasteiger partial charge in [-0.05, 0) is 11.1 Å². The molecule has 0 atom stereocenters. The van der Waals surface area contributed by atoms with Crippen LogP contribution >= 0.6 is 0 Å². The van der Waals surface area contributed by atoms with Gasteiger partial charge in [0.2, 0.25) is 0 Å². The summed E-state index contributed by atoms with van der Waals surface area (Å²) in [5.74, 6) is 0. The smallest absolute Gasteiger partial charge is 0.0664 e. The van der Waals surface area contributed by atoms with Gasteiger partial charge in [-0.15, -0.1) is 0 Å². The van der Waals surface area contributed by atoms with E-state index in [9.17, 15) is 10.2 Å². The van der Waals surface area contributed by atoms with Gasteiger partial charge in [0.15, 0.2) is 0 Å². The number of hydrogen-bond donors (Lipinski definition) is 2. The first-order valence-electron chi connectivity index (χ1n) is 5.66. The van der Waals surface area contributed by atoms with E-state index in [4.69, 9.17) is 0 Å². The molecule has 0 aliphatic carbocycles. The average molecular weight is 228 g/mol. The summed E-state index contributed by atoms with van der Waals surface area (Å²) < 4.78 is 0. The quantitative estimate of drug-likeness (QED) is 0.839. The molecule has 0 saturated heterocycles. The van der Waals surface area contributed by atoms with E-state index in [-0.39, 0.29) is 13.2 Å². The van der Waals surface area contributed by atoms with Gasteiger partial charge in [0.1, 0.15) is 0 Å². The second-order valence-electron chi connectivity index (χ2n) is 4.13.